The Labute approximate surface area is 84.3 Å². The van der Waals surface area contributed by atoms with Crippen LogP contribution in [0, 0.1) is 5.41 Å². The molecule has 0 aliphatic heterocycles. The normalized spacial score (nSPS) is 16.1. The molecule has 0 N–H and O–H groups in total. The maximum Gasteiger partial charge on any atom is 0.394 e. The molecule has 0 aliphatic rings. The summed E-state index contributed by atoms with van der Waals surface area (Å²) in [7, 11) is 3.64. The third-order valence-electron chi connectivity index (χ3n) is 2.71. The van der Waals surface area contributed by atoms with Gasteiger partial charge in [-0.2, -0.15) is 13.2 Å². The van der Waals surface area contributed by atoms with E-state index in [-0.39, 0.29) is 12.5 Å². The first-order valence-electron chi connectivity index (χ1n) is 4.85. The van der Waals surface area contributed by atoms with E-state index in [1.54, 1.807) is 0 Å². The molecule has 0 unspecified atom stereocenters. The maximum absolute atomic E-state index is 12.6. The standard InChI is InChI=1S/C10H20F3N/c1-6-8(14(4)5)7-9(2,3)10(11,12)13/h8H,6-7H2,1-5H3/t8-/m1/s1. The van der Waals surface area contributed by atoms with Gasteiger partial charge in [0.15, 0.2) is 0 Å². The minimum atomic E-state index is -4.11. The van der Waals surface area contributed by atoms with Gasteiger partial charge in [-0.25, -0.2) is 0 Å². The minimum Gasteiger partial charge on any atom is -0.306 e. The fourth-order valence-electron chi connectivity index (χ4n) is 1.40. The third-order valence-corrected chi connectivity index (χ3v) is 2.71. The van der Waals surface area contributed by atoms with E-state index < -0.39 is 11.6 Å². The number of hydrogen-bond acceptors (Lipinski definition) is 1. The zero-order valence-corrected chi connectivity index (χ0v) is 9.57. The molecular formula is C10H20F3N. The number of nitrogens with zero attached hydrogens (tertiary/aromatic N) is 1. The molecule has 0 bridgehead atoms. The zero-order chi connectivity index (χ0) is 11.6. The molecule has 0 saturated heterocycles. The Morgan fingerprint density at radius 2 is 1.57 bits per heavy atom. The second-order valence-corrected chi connectivity index (χ2v) is 4.61. The summed E-state index contributed by atoms with van der Waals surface area (Å²) in [5, 5.41) is 0. The van der Waals surface area contributed by atoms with Crippen LogP contribution in [-0.2, 0) is 0 Å². The molecular weight excluding hydrogens is 191 g/mol. The minimum absolute atomic E-state index is 0.00775. The van der Waals surface area contributed by atoms with E-state index in [1.807, 2.05) is 25.9 Å². The van der Waals surface area contributed by atoms with E-state index in [0.29, 0.717) is 0 Å². The maximum atomic E-state index is 12.6. The van der Waals surface area contributed by atoms with Gasteiger partial charge in [-0.1, -0.05) is 20.8 Å². The molecule has 0 amide bonds. The van der Waals surface area contributed by atoms with Crippen LogP contribution in [0.4, 0.5) is 13.2 Å². The Bertz CT molecular complexity index is 173. The number of halogens is 3. The van der Waals surface area contributed by atoms with Gasteiger partial charge in [0.25, 0.3) is 0 Å². The summed E-state index contributed by atoms with van der Waals surface area (Å²) in [6, 6.07) is -0.00775. The predicted molar refractivity (Wildman–Crippen MR) is 52.2 cm³/mol. The highest BCUT2D eigenvalue weighted by atomic mass is 19.4. The van der Waals surface area contributed by atoms with Crippen LogP contribution in [0.25, 0.3) is 0 Å². The van der Waals surface area contributed by atoms with E-state index in [4.69, 9.17) is 0 Å². The van der Waals surface area contributed by atoms with Crippen LogP contribution < -0.4 is 0 Å². The van der Waals surface area contributed by atoms with Gasteiger partial charge in [0, 0.05) is 6.04 Å². The summed E-state index contributed by atoms with van der Waals surface area (Å²) >= 11 is 0. The van der Waals surface area contributed by atoms with Gasteiger partial charge in [-0.05, 0) is 26.9 Å². The Morgan fingerprint density at radius 3 is 1.79 bits per heavy atom. The summed E-state index contributed by atoms with van der Waals surface area (Å²) in [5.74, 6) is 0. The topological polar surface area (TPSA) is 3.24 Å². The second-order valence-electron chi connectivity index (χ2n) is 4.61. The van der Waals surface area contributed by atoms with E-state index >= 15 is 0 Å². The zero-order valence-electron chi connectivity index (χ0n) is 9.57. The van der Waals surface area contributed by atoms with Crippen molar-refractivity contribution < 1.29 is 13.2 Å². The fraction of sp³-hybridized carbons (Fsp3) is 1.00. The molecule has 0 fully saturated rings. The fourth-order valence-corrected chi connectivity index (χ4v) is 1.40. The number of rotatable bonds is 4. The summed E-state index contributed by atoms with van der Waals surface area (Å²) < 4.78 is 37.7. The molecule has 0 aromatic rings. The van der Waals surface area contributed by atoms with Gasteiger partial charge in [0.1, 0.15) is 0 Å². The Kier molecular flexibility index (Phi) is 4.43. The van der Waals surface area contributed by atoms with Crippen molar-refractivity contribution in [3.63, 3.8) is 0 Å². The smallest absolute Gasteiger partial charge is 0.306 e. The first kappa shape index (κ1) is 13.8. The largest absolute Gasteiger partial charge is 0.394 e. The van der Waals surface area contributed by atoms with Crippen LogP contribution in [0.1, 0.15) is 33.6 Å². The SMILES string of the molecule is CC[C@H](CC(C)(C)C(F)(F)F)N(C)C. The molecule has 14 heavy (non-hydrogen) atoms. The molecule has 0 spiro atoms. The molecule has 0 rings (SSSR count). The van der Waals surface area contributed by atoms with Gasteiger partial charge >= 0.3 is 6.18 Å². The van der Waals surface area contributed by atoms with Crippen LogP contribution in [0.5, 0.6) is 0 Å². The monoisotopic (exact) mass is 211 g/mol. The van der Waals surface area contributed by atoms with Crippen molar-refractivity contribution in [1.29, 1.82) is 0 Å². The molecule has 0 aromatic heterocycles. The molecule has 0 radical (unpaired) electrons. The van der Waals surface area contributed by atoms with Gasteiger partial charge in [-0.15, -0.1) is 0 Å². The highest BCUT2D eigenvalue weighted by molar-refractivity contribution is 4.82. The van der Waals surface area contributed by atoms with Gasteiger partial charge in [-0.3, -0.25) is 0 Å². The first-order valence-corrected chi connectivity index (χ1v) is 4.85. The molecule has 0 aliphatic carbocycles. The quantitative estimate of drug-likeness (QED) is 0.689. The number of alkyl halides is 3. The summed E-state index contributed by atoms with van der Waals surface area (Å²) in [6.45, 7) is 4.44. The van der Waals surface area contributed by atoms with Crippen molar-refractivity contribution in [3.05, 3.63) is 0 Å². The predicted octanol–water partition coefficient (Wildman–Crippen LogP) is 3.31. The lowest BCUT2D eigenvalue weighted by atomic mass is 9.84. The molecule has 1 atom stereocenters. The van der Waals surface area contributed by atoms with Crippen LogP contribution >= 0.6 is 0 Å². The molecule has 0 saturated carbocycles. The van der Waals surface area contributed by atoms with Crippen molar-refractivity contribution in [2.75, 3.05) is 14.1 Å². The van der Waals surface area contributed by atoms with Crippen molar-refractivity contribution in [1.82, 2.24) is 4.90 Å². The third kappa shape index (κ3) is 3.48. The Hall–Kier alpha value is -0.250. The highest BCUT2D eigenvalue weighted by Gasteiger charge is 2.48. The van der Waals surface area contributed by atoms with Crippen LogP contribution in [0.15, 0.2) is 0 Å². The van der Waals surface area contributed by atoms with Crippen LogP contribution in [0.3, 0.4) is 0 Å². The Balaban J connectivity index is 4.48. The van der Waals surface area contributed by atoms with Crippen LogP contribution in [-0.4, -0.2) is 31.2 Å². The van der Waals surface area contributed by atoms with Gasteiger partial charge < -0.3 is 4.90 Å². The van der Waals surface area contributed by atoms with E-state index in [2.05, 4.69) is 0 Å². The molecule has 4 heteroatoms. The lowest BCUT2D eigenvalue weighted by Crippen LogP contribution is -2.39. The molecule has 1 nitrogen and oxygen atoms in total. The average Bonchev–Trinajstić information content (AvgIpc) is 1.97. The van der Waals surface area contributed by atoms with E-state index in [0.717, 1.165) is 6.42 Å². The van der Waals surface area contributed by atoms with Gasteiger partial charge in [0.2, 0.25) is 0 Å². The van der Waals surface area contributed by atoms with Crippen molar-refractivity contribution >= 4 is 0 Å². The molecule has 0 heterocycles. The summed E-state index contributed by atoms with van der Waals surface area (Å²) in [6.07, 6.45) is -3.22. The lowest BCUT2D eigenvalue weighted by molar-refractivity contribution is -0.217. The highest BCUT2D eigenvalue weighted by Crippen LogP contribution is 2.41. The molecule has 86 valence electrons. The van der Waals surface area contributed by atoms with Crippen molar-refractivity contribution in [3.8, 4) is 0 Å². The molecule has 0 aromatic carbocycles. The first-order chi connectivity index (χ1) is 6.12. The number of hydrogen-bond donors (Lipinski definition) is 0. The van der Waals surface area contributed by atoms with E-state index in [1.165, 1.54) is 13.8 Å². The summed E-state index contributed by atoms with van der Waals surface area (Å²) in [4.78, 5) is 1.85. The van der Waals surface area contributed by atoms with Crippen molar-refractivity contribution in [2.45, 2.75) is 45.8 Å². The second kappa shape index (κ2) is 4.51. The average molecular weight is 211 g/mol. The van der Waals surface area contributed by atoms with Crippen LogP contribution in [0.2, 0.25) is 0 Å². The van der Waals surface area contributed by atoms with Gasteiger partial charge in [0.05, 0.1) is 5.41 Å². The van der Waals surface area contributed by atoms with Crippen molar-refractivity contribution in [2.24, 2.45) is 5.41 Å². The summed E-state index contributed by atoms with van der Waals surface area (Å²) in [5.41, 5.74) is -1.60. The lowest BCUT2D eigenvalue weighted by Gasteiger charge is -2.34. The Morgan fingerprint density at radius 1 is 1.14 bits per heavy atom. The van der Waals surface area contributed by atoms with E-state index in [9.17, 15) is 13.2 Å².